The van der Waals surface area contributed by atoms with Gasteiger partial charge < -0.3 is 4.74 Å². The zero-order valence-electron chi connectivity index (χ0n) is 13.9. The average molecular weight is 361 g/mol. The highest BCUT2D eigenvalue weighted by Gasteiger charge is 2.35. The predicted octanol–water partition coefficient (Wildman–Crippen LogP) is 2.21. The zero-order chi connectivity index (χ0) is 17.0. The zero-order valence-corrected chi connectivity index (χ0v) is 15.5. The highest BCUT2D eigenvalue weighted by Crippen LogP contribution is 2.23. The van der Waals surface area contributed by atoms with E-state index in [0.717, 1.165) is 6.54 Å². The van der Waals surface area contributed by atoms with E-state index in [-0.39, 0.29) is 17.8 Å². The van der Waals surface area contributed by atoms with Gasteiger partial charge in [0.1, 0.15) is 0 Å². The molecule has 0 bridgehead atoms. The van der Waals surface area contributed by atoms with Gasteiger partial charge in [0.2, 0.25) is 10.0 Å². The summed E-state index contributed by atoms with van der Waals surface area (Å²) in [7, 11) is -1.70. The summed E-state index contributed by atoms with van der Waals surface area (Å²) in [5.41, 5.74) is 0.649. The number of ether oxygens (including phenoxy) is 1. The summed E-state index contributed by atoms with van der Waals surface area (Å²) in [6.07, 6.45) is 0. The summed E-state index contributed by atoms with van der Waals surface area (Å²) in [5.74, 6) is -0.0514. The van der Waals surface area contributed by atoms with E-state index >= 15 is 0 Å². The molecule has 7 heteroatoms. The SMILES string of the molecule is COCCN1C(C)CN(S(=O)(=O)Cc2ccccc2Cl)CC1C. The number of benzene rings is 1. The predicted molar refractivity (Wildman–Crippen MR) is 93.2 cm³/mol. The highest BCUT2D eigenvalue weighted by atomic mass is 35.5. The first-order valence-electron chi connectivity index (χ1n) is 7.81. The lowest BCUT2D eigenvalue weighted by atomic mass is 10.1. The van der Waals surface area contributed by atoms with Gasteiger partial charge in [-0.15, -0.1) is 0 Å². The monoisotopic (exact) mass is 360 g/mol. The Kier molecular flexibility index (Phi) is 6.45. The van der Waals surface area contributed by atoms with Crippen LogP contribution in [0.15, 0.2) is 24.3 Å². The van der Waals surface area contributed by atoms with E-state index in [2.05, 4.69) is 18.7 Å². The van der Waals surface area contributed by atoms with E-state index in [1.165, 1.54) is 0 Å². The molecule has 23 heavy (non-hydrogen) atoms. The smallest absolute Gasteiger partial charge is 0.218 e. The van der Waals surface area contributed by atoms with Crippen LogP contribution in [0.25, 0.3) is 0 Å². The molecule has 0 N–H and O–H groups in total. The van der Waals surface area contributed by atoms with Gasteiger partial charge in [-0.25, -0.2) is 8.42 Å². The Morgan fingerprint density at radius 1 is 1.22 bits per heavy atom. The van der Waals surface area contributed by atoms with Crippen LogP contribution in [0.3, 0.4) is 0 Å². The van der Waals surface area contributed by atoms with Gasteiger partial charge in [0.15, 0.2) is 0 Å². The molecule has 0 saturated carbocycles. The highest BCUT2D eigenvalue weighted by molar-refractivity contribution is 7.88. The topological polar surface area (TPSA) is 49.9 Å². The summed E-state index contributed by atoms with van der Waals surface area (Å²) < 4.78 is 32.2. The molecule has 1 heterocycles. The van der Waals surface area contributed by atoms with E-state index < -0.39 is 10.0 Å². The molecular weight excluding hydrogens is 336 g/mol. The van der Waals surface area contributed by atoms with Crippen molar-refractivity contribution >= 4 is 21.6 Å². The molecule has 0 radical (unpaired) electrons. The minimum atomic E-state index is -3.38. The molecule has 1 fully saturated rings. The molecule has 2 unspecified atom stereocenters. The summed E-state index contributed by atoms with van der Waals surface area (Å²) in [6, 6.07) is 7.42. The van der Waals surface area contributed by atoms with Gasteiger partial charge in [-0.05, 0) is 25.5 Å². The summed E-state index contributed by atoms with van der Waals surface area (Å²) in [4.78, 5) is 2.30. The van der Waals surface area contributed by atoms with Gasteiger partial charge in [0.25, 0.3) is 0 Å². The minimum absolute atomic E-state index is 0.0514. The molecule has 1 aromatic carbocycles. The molecule has 0 aliphatic carbocycles. The van der Waals surface area contributed by atoms with Crippen LogP contribution < -0.4 is 0 Å². The maximum absolute atomic E-state index is 12.7. The van der Waals surface area contributed by atoms with Crippen LogP contribution in [0.1, 0.15) is 19.4 Å². The lowest BCUT2D eigenvalue weighted by molar-refractivity contribution is 0.0495. The number of hydrogen-bond donors (Lipinski definition) is 0. The van der Waals surface area contributed by atoms with Crippen molar-refractivity contribution in [2.45, 2.75) is 31.7 Å². The molecular formula is C16H25ClN2O3S. The van der Waals surface area contributed by atoms with Crippen molar-refractivity contribution < 1.29 is 13.2 Å². The van der Waals surface area contributed by atoms with Crippen molar-refractivity contribution in [1.82, 2.24) is 9.21 Å². The van der Waals surface area contributed by atoms with Crippen molar-refractivity contribution in [1.29, 1.82) is 0 Å². The number of hydrogen-bond acceptors (Lipinski definition) is 4. The van der Waals surface area contributed by atoms with Crippen LogP contribution >= 0.6 is 11.6 Å². The third kappa shape index (κ3) is 4.67. The van der Waals surface area contributed by atoms with Gasteiger partial charge in [-0.2, -0.15) is 4.31 Å². The van der Waals surface area contributed by atoms with Crippen molar-refractivity contribution in [2.75, 3.05) is 33.4 Å². The van der Waals surface area contributed by atoms with Gasteiger partial charge >= 0.3 is 0 Å². The van der Waals surface area contributed by atoms with Gasteiger partial charge in [-0.1, -0.05) is 29.8 Å². The first kappa shape index (κ1) is 18.7. The maximum Gasteiger partial charge on any atom is 0.218 e. The van der Waals surface area contributed by atoms with Crippen LogP contribution in [-0.4, -0.2) is 63.1 Å². The van der Waals surface area contributed by atoms with Gasteiger partial charge in [-0.3, -0.25) is 4.90 Å². The summed E-state index contributed by atoms with van der Waals surface area (Å²) >= 11 is 6.10. The fourth-order valence-electron chi connectivity index (χ4n) is 3.08. The van der Waals surface area contributed by atoms with Gasteiger partial charge in [0.05, 0.1) is 12.4 Å². The maximum atomic E-state index is 12.7. The van der Waals surface area contributed by atoms with Crippen LogP contribution in [0.4, 0.5) is 0 Å². The quantitative estimate of drug-likeness (QED) is 0.780. The van der Waals surface area contributed by atoms with E-state index in [1.54, 1.807) is 29.6 Å². The molecule has 0 spiro atoms. The van der Waals surface area contributed by atoms with Crippen molar-refractivity contribution in [3.8, 4) is 0 Å². The first-order valence-corrected chi connectivity index (χ1v) is 9.79. The number of halogens is 1. The third-order valence-electron chi connectivity index (χ3n) is 4.31. The van der Waals surface area contributed by atoms with E-state index in [4.69, 9.17) is 16.3 Å². The molecule has 1 aromatic rings. The van der Waals surface area contributed by atoms with Crippen LogP contribution in [0.5, 0.6) is 0 Å². The van der Waals surface area contributed by atoms with Crippen LogP contribution in [0, 0.1) is 0 Å². The standard InChI is InChI=1S/C16H25ClN2O3S/c1-13-10-18(11-14(2)19(13)8-9-22-3)23(20,21)12-15-6-4-5-7-16(15)17/h4-7,13-14H,8-12H2,1-3H3. The van der Waals surface area contributed by atoms with Crippen molar-refractivity contribution in [2.24, 2.45) is 0 Å². The lowest BCUT2D eigenvalue weighted by Gasteiger charge is -2.43. The molecule has 1 aliphatic rings. The molecule has 2 rings (SSSR count). The number of rotatable bonds is 6. The molecule has 2 atom stereocenters. The number of piperazine rings is 1. The Labute approximate surface area is 144 Å². The molecule has 0 aromatic heterocycles. The fourth-order valence-corrected chi connectivity index (χ4v) is 5.07. The second kappa shape index (κ2) is 7.94. The number of methoxy groups -OCH3 is 1. The Balaban J connectivity index is 2.08. The van der Waals surface area contributed by atoms with E-state index in [0.29, 0.717) is 30.3 Å². The second-order valence-electron chi connectivity index (χ2n) is 6.09. The summed E-state index contributed by atoms with van der Waals surface area (Å²) in [6.45, 7) is 6.59. The Hall–Kier alpha value is -0.660. The molecule has 130 valence electrons. The number of sulfonamides is 1. The first-order chi connectivity index (χ1) is 10.8. The Morgan fingerprint density at radius 2 is 1.83 bits per heavy atom. The molecule has 1 aliphatic heterocycles. The van der Waals surface area contributed by atoms with Crippen molar-refractivity contribution in [3.05, 3.63) is 34.9 Å². The Bertz CT molecular complexity index is 612. The fraction of sp³-hybridized carbons (Fsp3) is 0.625. The van der Waals surface area contributed by atoms with Crippen molar-refractivity contribution in [3.63, 3.8) is 0 Å². The van der Waals surface area contributed by atoms with Crippen LogP contribution in [-0.2, 0) is 20.5 Å². The summed E-state index contributed by atoms with van der Waals surface area (Å²) in [5, 5.41) is 0.496. The molecule has 5 nitrogen and oxygen atoms in total. The van der Waals surface area contributed by atoms with Gasteiger partial charge in [0, 0.05) is 43.9 Å². The minimum Gasteiger partial charge on any atom is -0.383 e. The molecule has 1 saturated heterocycles. The molecule has 0 amide bonds. The average Bonchev–Trinajstić information content (AvgIpc) is 2.48. The van der Waals surface area contributed by atoms with E-state index in [9.17, 15) is 8.42 Å². The number of nitrogens with zero attached hydrogens (tertiary/aromatic N) is 2. The Morgan fingerprint density at radius 3 is 2.39 bits per heavy atom. The van der Waals surface area contributed by atoms with E-state index in [1.807, 2.05) is 6.07 Å². The van der Waals surface area contributed by atoms with Crippen LogP contribution in [0.2, 0.25) is 5.02 Å². The third-order valence-corrected chi connectivity index (χ3v) is 6.44. The largest absolute Gasteiger partial charge is 0.383 e. The second-order valence-corrected chi connectivity index (χ2v) is 8.47. The lowest BCUT2D eigenvalue weighted by Crippen LogP contribution is -2.58. The normalized spacial score (nSPS) is 24.0.